The predicted molar refractivity (Wildman–Crippen MR) is 114 cm³/mol. The van der Waals surface area contributed by atoms with E-state index in [4.69, 9.17) is 20.4 Å². The first kappa shape index (κ1) is 25.7. The minimum absolute atomic E-state index is 0.0401. The van der Waals surface area contributed by atoms with E-state index in [0.29, 0.717) is 5.13 Å². The molecule has 0 saturated heterocycles. The second-order valence-electron chi connectivity index (χ2n) is 6.46. The average Bonchev–Trinajstić information content (AvgIpc) is 3.16. The smallest absolute Gasteiger partial charge is 0.335 e. The Kier molecular flexibility index (Phi) is 7.76. The van der Waals surface area contributed by atoms with Crippen molar-refractivity contribution in [3.05, 3.63) is 46.6 Å². The molecular formula is C18H19N3O10S2. The molecular weight excluding hydrogens is 482 g/mol. The Morgan fingerprint density at radius 2 is 1.64 bits per heavy atom. The SMILES string of the molecule is Cc1cnc(NC(=O)C2=C(O)c3ccccc3S(=O)(=O)N2C)s1.O=C(O)C(O)C(O)C(=O)O. The quantitative estimate of drug-likeness (QED) is 0.316. The van der Waals surface area contributed by atoms with Gasteiger partial charge in [0.1, 0.15) is 0 Å². The van der Waals surface area contributed by atoms with Gasteiger partial charge >= 0.3 is 11.9 Å². The Labute approximate surface area is 190 Å². The van der Waals surface area contributed by atoms with E-state index in [1.54, 1.807) is 18.3 Å². The summed E-state index contributed by atoms with van der Waals surface area (Å²) in [6, 6.07) is 5.99. The van der Waals surface area contributed by atoms with Crippen molar-refractivity contribution in [2.75, 3.05) is 12.4 Å². The molecule has 2 unspecified atom stereocenters. The van der Waals surface area contributed by atoms with E-state index < -0.39 is 40.1 Å². The highest BCUT2D eigenvalue weighted by Crippen LogP contribution is 2.34. The van der Waals surface area contributed by atoms with E-state index in [1.807, 2.05) is 6.92 Å². The van der Waals surface area contributed by atoms with Gasteiger partial charge in [-0.05, 0) is 19.1 Å². The number of carboxylic acids is 2. The fourth-order valence-electron chi connectivity index (χ4n) is 2.52. The Bertz CT molecular complexity index is 1200. The van der Waals surface area contributed by atoms with Gasteiger partial charge in [-0.25, -0.2) is 23.0 Å². The third-order valence-electron chi connectivity index (χ3n) is 4.18. The molecule has 1 aliphatic rings. The van der Waals surface area contributed by atoms with Crippen molar-refractivity contribution in [1.29, 1.82) is 0 Å². The number of aromatic nitrogens is 1. The topological polar surface area (TPSA) is 215 Å². The van der Waals surface area contributed by atoms with Crippen LogP contribution < -0.4 is 5.32 Å². The van der Waals surface area contributed by atoms with Gasteiger partial charge in [-0.1, -0.05) is 12.1 Å². The lowest BCUT2D eigenvalue weighted by atomic mass is 10.1. The van der Waals surface area contributed by atoms with Gasteiger partial charge < -0.3 is 25.5 Å². The summed E-state index contributed by atoms with van der Waals surface area (Å²) in [6.07, 6.45) is -2.94. The molecule has 1 aromatic carbocycles. The van der Waals surface area contributed by atoms with Gasteiger partial charge in [-0.15, -0.1) is 11.3 Å². The molecule has 0 spiro atoms. The number of aliphatic hydroxyl groups excluding tert-OH is 3. The molecule has 0 saturated carbocycles. The van der Waals surface area contributed by atoms with Crippen molar-refractivity contribution < 1.29 is 48.3 Å². The lowest BCUT2D eigenvalue weighted by Crippen LogP contribution is -2.39. The second-order valence-corrected chi connectivity index (χ2v) is 9.63. The van der Waals surface area contributed by atoms with Gasteiger partial charge in [0.15, 0.2) is 28.8 Å². The standard InChI is InChI=1S/C14H13N3O4S2.C4H6O6/c1-8-7-15-14(22-8)16-13(19)11-12(18)9-5-3-4-6-10(9)23(20,21)17(11)2;5-1(3(7)8)2(6)4(9)10/h3-7,18H,1-2H3,(H,15,16,19);1-2,5-6H,(H,7,8)(H,9,10). The zero-order valence-corrected chi connectivity index (χ0v) is 18.7. The zero-order valence-electron chi connectivity index (χ0n) is 17.0. The first-order valence-electron chi connectivity index (χ1n) is 8.86. The van der Waals surface area contributed by atoms with Crippen molar-refractivity contribution in [3.8, 4) is 0 Å². The maximum absolute atomic E-state index is 12.5. The van der Waals surface area contributed by atoms with Crippen LogP contribution in [0.4, 0.5) is 5.13 Å². The van der Waals surface area contributed by atoms with Gasteiger partial charge in [-0.3, -0.25) is 14.4 Å². The van der Waals surface area contributed by atoms with Gasteiger partial charge in [0.2, 0.25) is 0 Å². The highest BCUT2D eigenvalue weighted by molar-refractivity contribution is 7.89. The molecule has 0 fully saturated rings. The number of carbonyl (C=O) groups is 3. The molecule has 0 bridgehead atoms. The number of likely N-dealkylation sites (N-methyl/N-ethyl adjacent to an activating group) is 1. The Morgan fingerprint density at radius 3 is 2.12 bits per heavy atom. The van der Waals surface area contributed by atoms with Gasteiger partial charge in [-0.2, -0.15) is 0 Å². The third kappa shape index (κ3) is 5.46. The third-order valence-corrected chi connectivity index (χ3v) is 6.83. The van der Waals surface area contributed by atoms with E-state index in [1.165, 1.54) is 30.5 Å². The molecule has 1 aromatic heterocycles. The minimum atomic E-state index is -3.90. The second kappa shape index (κ2) is 9.95. The van der Waals surface area contributed by atoms with Gasteiger partial charge in [0.25, 0.3) is 15.9 Å². The Morgan fingerprint density at radius 1 is 1.09 bits per heavy atom. The van der Waals surface area contributed by atoms with Crippen LogP contribution in [0.15, 0.2) is 41.1 Å². The summed E-state index contributed by atoms with van der Waals surface area (Å²) < 4.78 is 25.8. The molecule has 2 aromatic rings. The number of hydrogen-bond acceptors (Lipinski definition) is 10. The van der Waals surface area contributed by atoms with Crippen LogP contribution in [0.3, 0.4) is 0 Å². The van der Waals surface area contributed by atoms with E-state index >= 15 is 0 Å². The first-order valence-corrected chi connectivity index (χ1v) is 11.1. The molecule has 0 aliphatic carbocycles. The van der Waals surface area contributed by atoms with Crippen LogP contribution in [-0.2, 0) is 24.4 Å². The summed E-state index contributed by atoms with van der Waals surface area (Å²) in [7, 11) is -2.67. The highest BCUT2D eigenvalue weighted by atomic mass is 32.2. The number of carboxylic acid groups (broad SMARTS) is 2. The van der Waals surface area contributed by atoms with Crippen LogP contribution in [-0.4, -0.2) is 80.3 Å². The molecule has 1 amide bonds. The van der Waals surface area contributed by atoms with Crippen molar-refractivity contribution in [2.24, 2.45) is 0 Å². The number of nitrogens with zero attached hydrogens (tertiary/aromatic N) is 2. The van der Waals surface area contributed by atoms with Crippen LogP contribution in [0.2, 0.25) is 0 Å². The minimum Gasteiger partial charge on any atom is -0.505 e. The lowest BCUT2D eigenvalue weighted by Gasteiger charge is -2.28. The number of aliphatic carboxylic acids is 2. The molecule has 0 radical (unpaired) electrons. The summed E-state index contributed by atoms with van der Waals surface area (Å²) in [5, 5.41) is 45.7. The van der Waals surface area contributed by atoms with Crippen LogP contribution >= 0.6 is 11.3 Å². The van der Waals surface area contributed by atoms with Crippen molar-refractivity contribution in [3.63, 3.8) is 0 Å². The summed E-state index contributed by atoms with van der Waals surface area (Å²) in [5.41, 5.74) is -0.234. The number of hydrogen-bond donors (Lipinski definition) is 6. The number of fused-ring (bicyclic) bond motifs is 1. The van der Waals surface area contributed by atoms with E-state index in [-0.39, 0.29) is 21.9 Å². The summed E-state index contributed by atoms with van der Waals surface area (Å²) >= 11 is 1.25. The number of aryl methyl sites for hydroxylation is 1. The summed E-state index contributed by atoms with van der Waals surface area (Å²) in [6.45, 7) is 1.83. The van der Waals surface area contributed by atoms with Crippen molar-refractivity contribution >= 4 is 50.1 Å². The number of rotatable bonds is 5. The van der Waals surface area contributed by atoms with E-state index in [2.05, 4.69) is 10.3 Å². The Hall–Kier alpha value is -3.53. The number of thiazole rings is 1. The molecule has 178 valence electrons. The number of anilines is 1. The maximum Gasteiger partial charge on any atom is 0.335 e. The average molecular weight is 501 g/mol. The predicted octanol–water partition coefficient (Wildman–Crippen LogP) is -0.172. The number of carbonyl (C=O) groups excluding carboxylic acids is 1. The molecule has 33 heavy (non-hydrogen) atoms. The van der Waals surface area contributed by atoms with Crippen molar-refractivity contribution in [1.82, 2.24) is 9.29 Å². The number of aliphatic hydroxyl groups is 3. The largest absolute Gasteiger partial charge is 0.505 e. The highest BCUT2D eigenvalue weighted by Gasteiger charge is 2.37. The number of benzene rings is 1. The van der Waals surface area contributed by atoms with Gasteiger partial charge in [0, 0.05) is 23.7 Å². The maximum atomic E-state index is 12.5. The lowest BCUT2D eigenvalue weighted by molar-refractivity contribution is -0.165. The van der Waals surface area contributed by atoms with E-state index in [0.717, 1.165) is 9.18 Å². The molecule has 15 heteroatoms. The molecule has 2 heterocycles. The van der Waals surface area contributed by atoms with Crippen LogP contribution in [0.5, 0.6) is 0 Å². The fourth-order valence-corrected chi connectivity index (χ4v) is 4.58. The van der Waals surface area contributed by atoms with E-state index in [9.17, 15) is 27.9 Å². The van der Waals surface area contributed by atoms with Crippen LogP contribution in [0, 0.1) is 6.92 Å². The molecule has 3 rings (SSSR count). The number of nitrogens with one attached hydrogen (secondary N) is 1. The monoisotopic (exact) mass is 501 g/mol. The number of sulfonamides is 1. The molecule has 1 aliphatic heterocycles. The summed E-state index contributed by atoms with van der Waals surface area (Å²) in [5.74, 6) is -4.66. The Balaban J connectivity index is 0.000000328. The number of amides is 1. The van der Waals surface area contributed by atoms with Crippen molar-refractivity contribution in [2.45, 2.75) is 24.0 Å². The first-order chi connectivity index (χ1) is 15.3. The fraction of sp³-hybridized carbons (Fsp3) is 0.222. The molecule has 6 N–H and O–H groups in total. The normalized spacial score (nSPS) is 16.1. The van der Waals surface area contributed by atoms with Gasteiger partial charge in [0.05, 0.1) is 4.90 Å². The zero-order chi connectivity index (χ0) is 25.1. The van der Waals surface area contributed by atoms with Crippen LogP contribution in [0.1, 0.15) is 10.4 Å². The molecule has 2 atom stereocenters. The summed E-state index contributed by atoms with van der Waals surface area (Å²) in [4.78, 5) is 36.8. The van der Waals surface area contributed by atoms with Crippen LogP contribution in [0.25, 0.3) is 5.76 Å². The molecule has 13 nitrogen and oxygen atoms in total.